The van der Waals surface area contributed by atoms with E-state index in [2.05, 4.69) is 6.92 Å². The molecule has 0 aromatic rings. The SMILES string of the molecule is CC.CC1CCS(=O)CC1. The highest BCUT2D eigenvalue weighted by atomic mass is 32.2. The van der Waals surface area contributed by atoms with Crippen molar-refractivity contribution in [3.63, 3.8) is 0 Å². The monoisotopic (exact) mass is 162 g/mol. The summed E-state index contributed by atoms with van der Waals surface area (Å²) in [6.07, 6.45) is 2.35. The zero-order valence-electron chi connectivity index (χ0n) is 7.22. The van der Waals surface area contributed by atoms with Crippen LogP contribution >= 0.6 is 0 Å². The molecule has 0 aromatic heterocycles. The van der Waals surface area contributed by atoms with Crippen molar-refractivity contribution >= 4 is 10.8 Å². The van der Waals surface area contributed by atoms with Gasteiger partial charge in [0.05, 0.1) is 0 Å². The lowest BCUT2D eigenvalue weighted by Crippen LogP contribution is -2.15. The third kappa shape index (κ3) is 4.04. The van der Waals surface area contributed by atoms with Crippen LogP contribution in [0, 0.1) is 5.92 Å². The largest absolute Gasteiger partial charge is 0.260 e. The molecule has 0 spiro atoms. The Balaban J connectivity index is 0.000000371. The molecule has 1 heterocycles. The van der Waals surface area contributed by atoms with Crippen LogP contribution < -0.4 is 0 Å². The van der Waals surface area contributed by atoms with Crippen LogP contribution in [-0.2, 0) is 10.8 Å². The van der Waals surface area contributed by atoms with Gasteiger partial charge in [0.25, 0.3) is 0 Å². The lowest BCUT2D eigenvalue weighted by atomic mass is 10.1. The van der Waals surface area contributed by atoms with E-state index in [0.717, 1.165) is 17.4 Å². The van der Waals surface area contributed by atoms with Crippen LogP contribution in [0.2, 0.25) is 0 Å². The zero-order valence-corrected chi connectivity index (χ0v) is 8.04. The van der Waals surface area contributed by atoms with E-state index in [9.17, 15) is 4.21 Å². The summed E-state index contributed by atoms with van der Waals surface area (Å²) < 4.78 is 10.7. The number of hydrogen-bond acceptors (Lipinski definition) is 1. The van der Waals surface area contributed by atoms with Gasteiger partial charge in [0.15, 0.2) is 0 Å². The highest BCUT2D eigenvalue weighted by molar-refractivity contribution is 7.85. The summed E-state index contributed by atoms with van der Waals surface area (Å²) in [6.45, 7) is 6.23. The van der Waals surface area contributed by atoms with Gasteiger partial charge in [-0.25, -0.2) is 0 Å². The second-order valence-corrected chi connectivity index (χ2v) is 4.23. The molecule has 2 heteroatoms. The van der Waals surface area contributed by atoms with Crippen molar-refractivity contribution in [1.82, 2.24) is 0 Å². The third-order valence-corrected chi connectivity index (χ3v) is 3.06. The number of rotatable bonds is 0. The third-order valence-electron chi connectivity index (χ3n) is 1.68. The molecule has 0 aliphatic carbocycles. The molecule has 0 atom stereocenters. The van der Waals surface area contributed by atoms with Crippen molar-refractivity contribution in [1.29, 1.82) is 0 Å². The summed E-state index contributed by atoms with van der Waals surface area (Å²) in [6, 6.07) is 0. The Morgan fingerprint density at radius 3 is 1.90 bits per heavy atom. The van der Waals surface area contributed by atoms with Crippen molar-refractivity contribution in [3.05, 3.63) is 0 Å². The van der Waals surface area contributed by atoms with Gasteiger partial charge in [0, 0.05) is 22.3 Å². The average Bonchev–Trinajstić information content (AvgIpc) is 2.00. The molecular weight excluding hydrogens is 144 g/mol. The molecule has 0 unspecified atom stereocenters. The Kier molecular flexibility index (Phi) is 5.99. The lowest BCUT2D eigenvalue weighted by Gasteiger charge is -2.15. The van der Waals surface area contributed by atoms with Crippen LogP contribution in [0.1, 0.15) is 33.6 Å². The molecule has 1 aliphatic rings. The second-order valence-electron chi connectivity index (χ2n) is 2.53. The minimum Gasteiger partial charge on any atom is -0.260 e. The quantitative estimate of drug-likeness (QED) is 0.533. The fourth-order valence-electron chi connectivity index (χ4n) is 0.912. The van der Waals surface area contributed by atoms with Gasteiger partial charge in [-0.3, -0.25) is 4.21 Å². The first-order chi connectivity index (χ1) is 4.79. The molecule has 0 radical (unpaired) electrons. The minimum absolute atomic E-state index is 0.461. The molecule has 10 heavy (non-hydrogen) atoms. The van der Waals surface area contributed by atoms with E-state index >= 15 is 0 Å². The first-order valence-electron chi connectivity index (χ1n) is 4.14. The molecule has 62 valence electrons. The summed E-state index contributed by atoms with van der Waals surface area (Å²) in [4.78, 5) is 0. The highest BCUT2D eigenvalue weighted by Crippen LogP contribution is 2.14. The minimum atomic E-state index is -0.461. The Morgan fingerprint density at radius 2 is 1.60 bits per heavy atom. The van der Waals surface area contributed by atoms with E-state index in [-0.39, 0.29) is 0 Å². The van der Waals surface area contributed by atoms with E-state index in [1.165, 1.54) is 12.8 Å². The molecule has 0 N–H and O–H groups in total. The van der Waals surface area contributed by atoms with E-state index in [1.54, 1.807) is 0 Å². The van der Waals surface area contributed by atoms with Crippen molar-refractivity contribution in [3.8, 4) is 0 Å². The van der Waals surface area contributed by atoms with Gasteiger partial charge in [0.2, 0.25) is 0 Å². The van der Waals surface area contributed by atoms with Crippen LogP contribution in [0.5, 0.6) is 0 Å². The summed E-state index contributed by atoms with van der Waals surface area (Å²) in [5, 5.41) is 0. The van der Waals surface area contributed by atoms with Gasteiger partial charge >= 0.3 is 0 Å². The van der Waals surface area contributed by atoms with Crippen LogP contribution in [0.25, 0.3) is 0 Å². The molecule has 1 rings (SSSR count). The summed E-state index contributed by atoms with van der Waals surface area (Å²) in [5.74, 6) is 2.72. The Morgan fingerprint density at radius 1 is 1.20 bits per heavy atom. The Hall–Kier alpha value is 0.150. The fraction of sp³-hybridized carbons (Fsp3) is 1.00. The highest BCUT2D eigenvalue weighted by Gasteiger charge is 2.12. The molecule has 0 bridgehead atoms. The van der Waals surface area contributed by atoms with Gasteiger partial charge in [-0.2, -0.15) is 0 Å². The first-order valence-corrected chi connectivity index (χ1v) is 5.63. The van der Waals surface area contributed by atoms with Crippen LogP contribution in [0.15, 0.2) is 0 Å². The fourth-order valence-corrected chi connectivity index (χ4v) is 2.45. The summed E-state index contributed by atoms with van der Waals surface area (Å²) >= 11 is 0. The first kappa shape index (κ1) is 10.2. The maximum atomic E-state index is 10.7. The van der Waals surface area contributed by atoms with Gasteiger partial charge in [0.1, 0.15) is 0 Å². The summed E-state index contributed by atoms with van der Waals surface area (Å²) in [5.41, 5.74) is 0. The molecule has 0 aromatic carbocycles. The number of hydrogen-bond donors (Lipinski definition) is 0. The molecule has 0 saturated carbocycles. The van der Waals surface area contributed by atoms with Crippen molar-refractivity contribution < 1.29 is 4.21 Å². The topological polar surface area (TPSA) is 17.1 Å². The molecule has 1 saturated heterocycles. The molecule has 1 nitrogen and oxygen atoms in total. The van der Waals surface area contributed by atoms with E-state index < -0.39 is 10.8 Å². The van der Waals surface area contributed by atoms with Crippen molar-refractivity contribution in [2.75, 3.05) is 11.5 Å². The van der Waals surface area contributed by atoms with E-state index in [1.807, 2.05) is 13.8 Å². The van der Waals surface area contributed by atoms with Gasteiger partial charge in [-0.05, 0) is 18.8 Å². The van der Waals surface area contributed by atoms with Crippen molar-refractivity contribution in [2.24, 2.45) is 5.92 Å². The molecule has 0 amide bonds. The molecule has 1 aliphatic heterocycles. The second kappa shape index (κ2) is 5.90. The normalized spacial score (nSPS) is 32.3. The Labute approximate surface area is 66.7 Å². The smallest absolute Gasteiger partial charge is 0.0237 e. The Bertz CT molecular complexity index is 91.4. The predicted octanol–water partition coefficient (Wildman–Crippen LogP) is 2.19. The van der Waals surface area contributed by atoms with Gasteiger partial charge < -0.3 is 0 Å². The van der Waals surface area contributed by atoms with E-state index in [4.69, 9.17) is 0 Å². The predicted molar refractivity (Wildman–Crippen MR) is 47.6 cm³/mol. The average molecular weight is 162 g/mol. The maximum Gasteiger partial charge on any atom is 0.0237 e. The standard InChI is InChI=1S/C6H12OS.C2H6/c1-6-2-4-8(7)5-3-6;1-2/h6H,2-5H2,1H3;1-2H3. The van der Waals surface area contributed by atoms with Crippen LogP contribution in [-0.4, -0.2) is 15.7 Å². The van der Waals surface area contributed by atoms with Gasteiger partial charge in [-0.1, -0.05) is 20.8 Å². The van der Waals surface area contributed by atoms with Crippen molar-refractivity contribution in [2.45, 2.75) is 33.6 Å². The maximum absolute atomic E-state index is 10.7. The van der Waals surface area contributed by atoms with Gasteiger partial charge in [-0.15, -0.1) is 0 Å². The molecule has 1 fully saturated rings. The van der Waals surface area contributed by atoms with Crippen LogP contribution in [0.3, 0.4) is 0 Å². The zero-order chi connectivity index (χ0) is 7.98. The molecular formula is C8H18OS. The lowest BCUT2D eigenvalue weighted by molar-refractivity contribution is 0.526. The summed E-state index contributed by atoms with van der Waals surface area (Å²) in [7, 11) is -0.461. The van der Waals surface area contributed by atoms with E-state index in [0.29, 0.717) is 0 Å². The van der Waals surface area contributed by atoms with Crippen LogP contribution in [0.4, 0.5) is 0 Å².